The summed E-state index contributed by atoms with van der Waals surface area (Å²) in [4.78, 5) is 4.88. The Morgan fingerprint density at radius 1 is 1.67 bits per heavy atom. The second-order valence-corrected chi connectivity index (χ2v) is 3.19. The van der Waals surface area contributed by atoms with Gasteiger partial charge in [-0.2, -0.15) is 0 Å². The lowest BCUT2D eigenvalue weighted by molar-refractivity contribution is 0.201. The number of pyridine rings is 1. The summed E-state index contributed by atoms with van der Waals surface area (Å²) in [6.45, 7) is 0.629. The number of aromatic nitrogens is 1. The molecule has 0 fully saturated rings. The van der Waals surface area contributed by atoms with Crippen molar-refractivity contribution in [3.63, 3.8) is 0 Å². The third kappa shape index (κ3) is 2.37. The van der Waals surface area contributed by atoms with Crippen molar-refractivity contribution in [2.45, 2.75) is 11.3 Å². The fourth-order valence-corrected chi connectivity index (χ4v) is 1.25. The lowest BCUT2D eigenvalue weighted by atomic mass is 10.3. The third-order valence-electron chi connectivity index (χ3n) is 1.48. The first-order valence-electron chi connectivity index (χ1n) is 3.57. The summed E-state index contributed by atoms with van der Waals surface area (Å²) in [6.07, 6.45) is 2.42. The van der Waals surface area contributed by atoms with Crippen molar-refractivity contribution in [3.8, 4) is 0 Å². The predicted molar refractivity (Wildman–Crippen MR) is 52.1 cm³/mol. The van der Waals surface area contributed by atoms with Crippen LogP contribution in [0.2, 0.25) is 5.02 Å². The van der Waals surface area contributed by atoms with Crippen LogP contribution in [0.25, 0.3) is 0 Å². The van der Waals surface area contributed by atoms with E-state index in [4.69, 9.17) is 16.3 Å². The Kier molecular flexibility index (Phi) is 3.85. The first-order chi connectivity index (χ1) is 5.75. The molecule has 0 aromatic carbocycles. The van der Waals surface area contributed by atoms with Gasteiger partial charge in [-0.25, -0.2) is 0 Å². The van der Waals surface area contributed by atoms with E-state index in [1.807, 2.05) is 0 Å². The average molecular weight is 204 g/mol. The minimum atomic E-state index is 0.623. The average Bonchev–Trinajstić information content (AvgIpc) is 2.08. The number of ether oxygens (including phenoxy) is 1. The molecule has 0 saturated heterocycles. The number of hydrogen-bond acceptors (Lipinski definition) is 3. The molecule has 1 rings (SSSR count). The molecule has 0 aliphatic heterocycles. The quantitative estimate of drug-likeness (QED) is 0.761. The Labute approximate surface area is 82.3 Å². The van der Waals surface area contributed by atoms with Gasteiger partial charge in [0, 0.05) is 24.6 Å². The molecule has 0 saturated carbocycles. The Bertz CT molecular complexity index is 267. The number of methoxy groups -OCH3 is 1. The molecule has 1 aromatic heterocycles. The van der Waals surface area contributed by atoms with Crippen molar-refractivity contribution in [2.24, 2.45) is 0 Å². The van der Waals surface area contributed by atoms with Crippen molar-refractivity contribution in [2.75, 3.05) is 13.7 Å². The summed E-state index contributed by atoms with van der Waals surface area (Å²) >= 11 is 10.1. The third-order valence-corrected chi connectivity index (χ3v) is 2.41. The van der Waals surface area contributed by atoms with Crippen LogP contribution in [0.15, 0.2) is 17.2 Å². The molecule has 0 aliphatic carbocycles. The zero-order valence-electron chi connectivity index (χ0n) is 6.75. The van der Waals surface area contributed by atoms with Crippen molar-refractivity contribution < 1.29 is 4.74 Å². The fraction of sp³-hybridized carbons (Fsp3) is 0.375. The molecule has 0 radical (unpaired) electrons. The predicted octanol–water partition coefficient (Wildman–Crippen LogP) is 2.21. The van der Waals surface area contributed by atoms with E-state index >= 15 is 0 Å². The normalized spacial score (nSPS) is 10.2. The van der Waals surface area contributed by atoms with Crippen LogP contribution < -0.4 is 0 Å². The van der Waals surface area contributed by atoms with Gasteiger partial charge in [-0.1, -0.05) is 11.6 Å². The first kappa shape index (κ1) is 9.84. The van der Waals surface area contributed by atoms with Gasteiger partial charge in [0.15, 0.2) is 0 Å². The van der Waals surface area contributed by atoms with Gasteiger partial charge >= 0.3 is 0 Å². The van der Waals surface area contributed by atoms with Gasteiger partial charge in [0.2, 0.25) is 0 Å². The molecule has 0 unspecified atom stereocenters. The van der Waals surface area contributed by atoms with Crippen molar-refractivity contribution in [1.82, 2.24) is 4.98 Å². The van der Waals surface area contributed by atoms with E-state index < -0.39 is 0 Å². The molecule has 4 heteroatoms. The highest BCUT2D eigenvalue weighted by Crippen LogP contribution is 2.22. The van der Waals surface area contributed by atoms with Crippen LogP contribution in [-0.2, 0) is 11.2 Å². The molecule has 2 nitrogen and oxygen atoms in total. The lowest BCUT2D eigenvalue weighted by Crippen LogP contribution is -1.98. The summed E-state index contributed by atoms with van der Waals surface area (Å²) in [5.74, 6) is 0. The Morgan fingerprint density at radius 2 is 2.42 bits per heavy atom. The van der Waals surface area contributed by atoms with Gasteiger partial charge in [-0.3, -0.25) is 4.98 Å². The number of rotatable bonds is 3. The molecule has 0 bridgehead atoms. The van der Waals surface area contributed by atoms with E-state index in [9.17, 15) is 0 Å². The molecule has 0 atom stereocenters. The van der Waals surface area contributed by atoms with E-state index in [2.05, 4.69) is 17.6 Å². The van der Waals surface area contributed by atoms with Crippen molar-refractivity contribution in [3.05, 3.63) is 23.0 Å². The Morgan fingerprint density at radius 3 is 3.08 bits per heavy atom. The monoisotopic (exact) mass is 203 g/mol. The van der Waals surface area contributed by atoms with Crippen molar-refractivity contribution >= 4 is 24.2 Å². The molecular weight excluding hydrogens is 194 g/mol. The second kappa shape index (κ2) is 4.70. The van der Waals surface area contributed by atoms with Crippen LogP contribution in [0.4, 0.5) is 0 Å². The topological polar surface area (TPSA) is 22.1 Å². The van der Waals surface area contributed by atoms with Gasteiger partial charge in [-0.05, 0) is 6.07 Å². The zero-order valence-corrected chi connectivity index (χ0v) is 8.40. The summed E-state index contributed by atoms with van der Waals surface area (Å²) in [7, 11) is 1.65. The lowest BCUT2D eigenvalue weighted by Gasteiger charge is -2.03. The number of nitrogens with zero attached hydrogens (tertiary/aromatic N) is 1. The van der Waals surface area contributed by atoms with Crippen LogP contribution in [0.5, 0.6) is 0 Å². The van der Waals surface area contributed by atoms with Crippen LogP contribution in [0.1, 0.15) is 5.69 Å². The van der Waals surface area contributed by atoms with Crippen molar-refractivity contribution in [1.29, 1.82) is 0 Å². The van der Waals surface area contributed by atoms with Crippen LogP contribution in [0.3, 0.4) is 0 Å². The molecule has 1 aromatic rings. The Balaban J connectivity index is 2.78. The van der Waals surface area contributed by atoms with Gasteiger partial charge in [0.25, 0.3) is 0 Å². The molecule has 0 spiro atoms. The fourth-order valence-electron chi connectivity index (χ4n) is 0.849. The van der Waals surface area contributed by atoms with E-state index in [0.717, 1.165) is 17.0 Å². The van der Waals surface area contributed by atoms with Gasteiger partial charge in [-0.15, -0.1) is 12.6 Å². The smallest absolute Gasteiger partial charge is 0.0755 e. The summed E-state index contributed by atoms with van der Waals surface area (Å²) < 4.78 is 4.92. The summed E-state index contributed by atoms with van der Waals surface area (Å²) in [5.41, 5.74) is 0.839. The Hall–Kier alpha value is -0.250. The molecular formula is C8H10ClNOS. The van der Waals surface area contributed by atoms with Gasteiger partial charge < -0.3 is 4.74 Å². The molecule has 12 heavy (non-hydrogen) atoms. The van der Waals surface area contributed by atoms with E-state index in [1.165, 1.54) is 0 Å². The minimum absolute atomic E-state index is 0.623. The molecule has 0 aliphatic rings. The number of halogens is 1. The minimum Gasteiger partial charge on any atom is -0.384 e. The highest BCUT2D eigenvalue weighted by Gasteiger charge is 2.03. The first-order valence-corrected chi connectivity index (χ1v) is 4.39. The molecule has 66 valence electrons. The number of thiol groups is 1. The standard InChI is InChI=1S/C8H10ClNOS/c1-11-5-3-6-8(9)7(12)2-4-10-6/h2,4H,3,5H2,1H3,(H,10,12). The summed E-state index contributed by atoms with van der Waals surface area (Å²) in [6, 6.07) is 1.77. The largest absolute Gasteiger partial charge is 0.384 e. The van der Waals surface area contributed by atoms with E-state index in [1.54, 1.807) is 19.4 Å². The van der Waals surface area contributed by atoms with Crippen LogP contribution in [0, 0.1) is 0 Å². The summed E-state index contributed by atoms with van der Waals surface area (Å²) in [5, 5.41) is 0.623. The maximum atomic E-state index is 5.93. The molecule has 1 heterocycles. The molecule has 0 N–H and O–H groups in total. The maximum Gasteiger partial charge on any atom is 0.0755 e. The zero-order chi connectivity index (χ0) is 8.97. The van der Waals surface area contributed by atoms with E-state index in [0.29, 0.717) is 11.6 Å². The van der Waals surface area contributed by atoms with Crippen LogP contribution >= 0.6 is 24.2 Å². The maximum absolute atomic E-state index is 5.93. The van der Waals surface area contributed by atoms with Gasteiger partial charge in [0.1, 0.15) is 0 Å². The highest BCUT2D eigenvalue weighted by atomic mass is 35.5. The van der Waals surface area contributed by atoms with E-state index in [-0.39, 0.29) is 0 Å². The van der Waals surface area contributed by atoms with Gasteiger partial charge in [0.05, 0.1) is 17.3 Å². The van der Waals surface area contributed by atoms with Crippen LogP contribution in [-0.4, -0.2) is 18.7 Å². The molecule has 0 amide bonds. The number of hydrogen-bond donors (Lipinski definition) is 1. The second-order valence-electron chi connectivity index (χ2n) is 2.33. The SMILES string of the molecule is COCCc1nccc(S)c1Cl. The highest BCUT2D eigenvalue weighted by molar-refractivity contribution is 7.80.